The van der Waals surface area contributed by atoms with E-state index >= 15 is 0 Å². The molecule has 0 amide bonds. The molecule has 3 nitrogen and oxygen atoms in total. The normalized spacial score (nSPS) is 11.3. The molecule has 3 heteroatoms. The molecule has 0 aromatic carbocycles. The van der Waals surface area contributed by atoms with Crippen molar-refractivity contribution in [3.8, 4) is 0 Å². The summed E-state index contributed by atoms with van der Waals surface area (Å²) < 4.78 is 1.98. The molecule has 0 saturated carbocycles. The Balaban J connectivity index is 2.78. The van der Waals surface area contributed by atoms with Gasteiger partial charge < -0.3 is 0 Å². The lowest BCUT2D eigenvalue weighted by atomic mass is 10.2. The average Bonchev–Trinajstić information content (AvgIpc) is 2.44. The number of aromatic nitrogens is 2. The number of nitrogens with zero attached hydrogens (tertiary/aromatic N) is 3. The van der Waals surface area contributed by atoms with Crippen LogP contribution in [0.4, 0.5) is 0 Å². The maximum absolute atomic E-state index is 4.45. The van der Waals surface area contributed by atoms with Crippen molar-refractivity contribution in [2.45, 2.75) is 40.7 Å². The fourth-order valence-corrected chi connectivity index (χ4v) is 1.94. The van der Waals surface area contributed by atoms with E-state index in [9.17, 15) is 0 Å². The summed E-state index contributed by atoms with van der Waals surface area (Å²) in [5.41, 5.74) is 3.86. The third-order valence-electron chi connectivity index (χ3n) is 3.03. The van der Waals surface area contributed by atoms with Gasteiger partial charge in [-0.1, -0.05) is 13.8 Å². The molecule has 1 aromatic heterocycles. The molecule has 0 saturated heterocycles. The van der Waals surface area contributed by atoms with Crippen molar-refractivity contribution in [2.24, 2.45) is 7.05 Å². The van der Waals surface area contributed by atoms with Crippen molar-refractivity contribution in [3.63, 3.8) is 0 Å². The second-order valence-electron chi connectivity index (χ2n) is 4.14. The summed E-state index contributed by atoms with van der Waals surface area (Å²) in [5.74, 6) is 0. The predicted molar refractivity (Wildman–Crippen MR) is 63.9 cm³/mol. The molecule has 1 aromatic rings. The van der Waals surface area contributed by atoms with Crippen LogP contribution in [0.2, 0.25) is 0 Å². The van der Waals surface area contributed by atoms with Crippen LogP contribution in [0.5, 0.6) is 0 Å². The van der Waals surface area contributed by atoms with Crippen LogP contribution in [0.3, 0.4) is 0 Å². The van der Waals surface area contributed by atoms with Gasteiger partial charge in [-0.3, -0.25) is 9.58 Å². The lowest BCUT2D eigenvalue weighted by Gasteiger charge is -2.19. The van der Waals surface area contributed by atoms with E-state index in [-0.39, 0.29) is 0 Å². The third-order valence-corrected chi connectivity index (χ3v) is 3.03. The maximum Gasteiger partial charge on any atom is 0.0641 e. The number of rotatable bonds is 5. The highest BCUT2D eigenvalue weighted by Crippen LogP contribution is 2.14. The third kappa shape index (κ3) is 2.81. The van der Waals surface area contributed by atoms with Crippen molar-refractivity contribution >= 4 is 0 Å². The smallest absolute Gasteiger partial charge is 0.0641 e. The standard InChI is InChI=1S/C12H23N3/c1-6-8-15(7-2)9-12-10(3)13-14(5)11(12)4/h6-9H2,1-5H3. The summed E-state index contributed by atoms with van der Waals surface area (Å²) in [5, 5.41) is 4.45. The van der Waals surface area contributed by atoms with E-state index in [0.29, 0.717) is 0 Å². The topological polar surface area (TPSA) is 21.1 Å². The van der Waals surface area contributed by atoms with Gasteiger partial charge in [0.1, 0.15) is 0 Å². The first-order valence-electron chi connectivity index (χ1n) is 5.81. The van der Waals surface area contributed by atoms with E-state index in [0.717, 1.165) is 13.1 Å². The molecule has 0 bridgehead atoms. The largest absolute Gasteiger partial charge is 0.299 e. The molecule has 1 heterocycles. The Kier molecular flexibility index (Phi) is 4.33. The summed E-state index contributed by atoms with van der Waals surface area (Å²) in [6.07, 6.45) is 1.21. The summed E-state index contributed by atoms with van der Waals surface area (Å²) >= 11 is 0. The molecule has 0 fully saturated rings. The van der Waals surface area contributed by atoms with Crippen molar-refractivity contribution in [1.82, 2.24) is 14.7 Å². The van der Waals surface area contributed by atoms with Crippen LogP contribution in [0.15, 0.2) is 0 Å². The molecule has 0 N–H and O–H groups in total. The van der Waals surface area contributed by atoms with Crippen LogP contribution >= 0.6 is 0 Å². The van der Waals surface area contributed by atoms with Gasteiger partial charge in [-0.25, -0.2) is 0 Å². The van der Waals surface area contributed by atoms with Crippen LogP contribution < -0.4 is 0 Å². The molecular formula is C12H23N3. The number of aryl methyl sites for hydroxylation is 2. The fraction of sp³-hybridized carbons (Fsp3) is 0.750. The van der Waals surface area contributed by atoms with Gasteiger partial charge in [0.15, 0.2) is 0 Å². The van der Waals surface area contributed by atoms with Gasteiger partial charge in [-0.05, 0) is 33.4 Å². The molecule has 0 aliphatic heterocycles. The molecule has 0 unspecified atom stereocenters. The second kappa shape index (κ2) is 5.31. The zero-order chi connectivity index (χ0) is 11.4. The molecule has 15 heavy (non-hydrogen) atoms. The van der Waals surface area contributed by atoms with Gasteiger partial charge in [0, 0.05) is 24.8 Å². The predicted octanol–water partition coefficient (Wildman–Crippen LogP) is 2.27. The quantitative estimate of drug-likeness (QED) is 0.741. The van der Waals surface area contributed by atoms with Gasteiger partial charge in [-0.2, -0.15) is 5.10 Å². The van der Waals surface area contributed by atoms with E-state index in [2.05, 4.69) is 37.7 Å². The Bertz CT molecular complexity index is 315. The molecule has 1 rings (SSSR count). The Morgan fingerprint density at radius 3 is 2.33 bits per heavy atom. The molecule has 0 radical (unpaired) electrons. The first-order chi connectivity index (χ1) is 7.10. The SMILES string of the molecule is CCCN(CC)Cc1c(C)nn(C)c1C. The maximum atomic E-state index is 4.45. The molecule has 0 atom stereocenters. The van der Waals surface area contributed by atoms with E-state index in [1.54, 1.807) is 0 Å². The highest BCUT2D eigenvalue weighted by molar-refractivity contribution is 5.24. The minimum absolute atomic E-state index is 1.04. The van der Waals surface area contributed by atoms with Crippen LogP contribution in [0, 0.1) is 13.8 Å². The molecule has 86 valence electrons. The molecule has 0 spiro atoms. The van der Waals surface area contributed by atoms with E-state index in [1.807, 2.05) is 11.7 Å². The Morgan fingerprint density at radius 2 is 1.93 bits per heavy atom. The van der Waals surface area contributed by atoms with E-state index in [4.69, 9.17) is 0 Å². The average molecular weight is 209 g/mol. The minimum atomic E-state index is 1.04. The van der Waals surface area contributed by atoms with Crippen molar-refractivity contribution in [3.05, 3.63) is 17.0 Å². The van der Waals surface area contributed by atoms with Gasteiger partial charge >= 0.3 is 0 Å². The highest BCUT2D eigenvalue weighted by atomic mass is 15.3. The first kappa shape index (κ1) is 12.2. The Labute approximate surface area is 93.1 Å². The molecule has 0 aliphatic rings. The Morgan fingerprint density at radius 1 is 1.27 bits per heavy atom. The zero-order valence-corrected chi connectivity index (χ0v) is 10.7. The lowest BCUT2D eigenvalue weighted by molar-refractivity contribution is 0.279. The lowest BCUT2D eigenvalue weighted by Crippen LogP contribution is -2.24. The summed E-state index contributed by atoms with van der Waals surface area (Å²) in [6.45, 7) is 12.0. The summed E-state index contributed by atoms with van der Waals surface area (Å²) in [4.78, 5) is 2.47. The molecule has 0 aliphatic carbocycles. The van der Waals surface area contributed by atoms with E-state index < -0.39 is 0 Å². The molecular weight excluding hydrogens is 186 g/mol. The van der Waals surface area contributed by atoms with Gasteiger partial charge in [0.2, 0.25) is 0 Å². The van der Waals surface area contributed by atoms with Crippen LogP contribution in [-0.2, 0) is 13.6 Å². The summed E-state index contributed by atoms with van der Waals surface area (Å²) in [7, 11) is 2.02. The van der Waals surface area contributed by atoms with Gasteiger partial charge in [-0.15, -0.1) is 0 Å². The van der Waals surface area contributed by atoms with Crippen molar-refractivity contribution in [2.75, 3.05) is 13.1 Å². The summed E-state index contributed by atoms with van der Waals surface area (Å²) in [6, 6.07) is 0. The monoisotopic (exact) mass is 209 g/mol. The van der Waals surface area contributed by atoms with Crippen LogP contribution in [0.25, 0.3) is 0 Å². The van der Waals surface area contributed by atoms with Crippen LogP contribution in [0.1, 0.15) is 37.2 Å². The second-order valence-corrected chi connectivity index (χ2v) is 4.14. The number of hydrogen-bond donors (Lipinski definition) is 0. The fourth-order valence-electron chi connectivity index (χ4n) is 1.94. The van der Waals surface area contributed by atoms with Gasteiger partial charge in [0.25, 0.3) is 0 Å². The van der Waals surface area contributed by atoms with Crippen molar-refractivity contribution in [1.29, 1.82) is 0 Å². The number of hydrogen-bond acceptors (Lipinski definition) is 2. The van der Waals surface area contributed by atoms with Gasteiger partial charge in [0.05, 0.1) is 5.69 Å². The van der Waals surface area contributed by atoms with Crippen molar-refractivity contribution < 1.29 is 0 Å². The highest BCUT2D eigenvalue weighted by Gasteiger charge is 2.11. The van der Waals surface area contributed by atoms with E-state index in [1.165, 1.54) is 29.9 Å². The minimum Gasteiger partial charge on any atom is -0.299 e. The first-order valence-corrected chi connectivity index (χ1v) is 5.81. The van der Waals surface area contributed by atoms with Crippen LogP contribution in [-0.4, -0.2) is 27.8 Å². The zero-order valence-electron chi connectivity index (χ0n) is 10.7. The Hall–Kier alpha value is -0.830.